The van der Waals surface area contributed by atoms with Crippen LogP contribution in [-0.2, 0) is 10.0 Å². The number of benzene rings is 3. The molecule has 0 saturated carbocycles. The van der Waals surface area contributed by atoms with Gasteiger partial charge in [0.15, 0.2) is 0 Å². The van der Waals surface area contributed by atoms with Crippen LogP contribution in [0.15, 0.2) is 77.7 Å². The van der Waals surface area contributed by atoms with Crippen molar-refractivity contribution in [3.05, 3.63) is 94.0 Å². The molecular formula is C22H21N3O6S. The summed E-state index contributed by atoms with van der Waals surface area (Å²) in [5, 5.41) is 13.9. The highest BCUT2D eigenvalue weighted by Crippen LogP contribution is 2.31. The number of anilines is 1. The maximum Gasteiger partial charge on any atom is 0.271 e. The number of nitrogens with zero attached hydrogens (tertiary/aromatic N) is 1. The molecule has 10 heteroatoms. The van der Waals surface area contributed by atoms with Gasteiger partial charge >= 0.3 is 0 Å². The minimum atomic E-state index is -4.16. The summed E-state index contributed by atoms with van der Waals surface area (Å²) in [7, 11) is -2.84. The smallest absolute Gasteiger partial charge is 0.271 e. The molecule has 3 aromatic rings. The highest BCUT2D eigenvalue weighted by Gasteiger charge is 2.21. The first-order valence-electron chi connectivity index (χ1n) is 9.52. The van der Waals surface area contributed by atoms with Gasteiger partial charge in [0.25, 0.3) is 21.6 Å². The number of non-ortho nitro benzene ring substituents is 1. The molecule has 32 heavy (non-hydrogen) atoms. The number of rotatable bonds is 8. The topological polar surface area (TPSA) is 128 Å². The summed E-state index contributed by atoms with van der Waals surface area (Å²) in [6.45, 7) is 1.82. The summed E-state index contributed by atoms with van der Waals surface area (Å²) >= 11 is 0. The van der Waals surface area contributed by atoms with Crippen LogP contribution in [0.3, 0.4) is 0 Å². The predicted octanol–water partition coefficient (Wildman–Crippen LogP) is 3.90. The molecule has 0 aliphatic carbocycles. The Labute approximate surface area is 185 Å². The lowest BCUT2D eigenvalue weighted by Gasteiger charge is -2.15. The molecule has 0 heterocycles. The fourth-order valence-corrected chi connectivity index (χ4v) is 4.11. The highest BCUT2D eigenvalue weighted by molar-refractivity contribution is 7.92. The van der Waals surface area contributed by atoms with Crippen LogP contribution >= 0.6 is 0 Å². The van der Waals surface area contributed by atoms with Gasteiger partial charge < -0.3 is 10.1 Å². The van der Waals surface area contributed by atoms with Crippen LogP contribution in [0.2, 0.25) is 0 Å². The number of ether oxygens (including phenoxy) is 1. The van der Waals surface area contributed by atoms with Crippen LogP contribution in [0.4, 0.5) is 11.4 Å². The molecule has 3 rings (SSSR count). The van der Waals surface area contributed by atoms with Crippen LogP contribution < -0.4 is 14.8 Å². The molecule has 1 atom stereocenters. The Morgan fingerprint density at radius 2 is 1.75 bits per heavy atom. The molecule has 0 radical (unpaired) electrons. The summed E-state index contributed by atoms with van der Waals surface area (Å²) in [5.41, 5.74) is 0.673. The van der Waals surface area contributed by atoms with E-state index in [1.54, 1.807) is 0 Å². The van der Waals surface area contributed by atoms with Crippen LogP contribution in [0.1, 0.15) is 28.9 Å². The minimum Gasteiger partial charge on any atom is -0.495 e. The van der Waals surface area contributed by atoms with Crippen LogP contribution in [-0.4, -0.2) is 26.4 Å². The fourth-order valence-electron chi connectivity index (χ4n) is 3.00. The first-order chi connectivity index (χ1) is 15.2. The largest absolute Gasteiger partial charge is 0.495 e. The molecule has 0 aliphatic heterocycles. The summed E-state index contributed by atoms with van der Waals surface area (Å²) < 4.78 is 33.2. The first kappa shape index (κ1) is 22.8. The van der Waals surface area contributed by atoms with Gasteiger partial charge in [0.2, 0.25) is 0 Å². The van der Waals surface area contributed by atoms with Gasteiger partial charge in [-0.25, -0.2) is 8.42 Å². The lowest BCUT2D eigenvalue weighted by atomic mass is 10.1. The number of carbonyl (C=O) groups excluding carboxylic acids is 1. The number of hydrogen-bond acceptors (Lipinski definition) is 6. The average Bonchev–Trinajstić information content (AvgIpc) is 2.79. The van der Waals surface area contributed by atoms with Gasteiger partial charge in [0, 0.05) is 17.7 Å². The number of nitro benzene ring substituents is 1. The van der Waals surface area contributed by atoms with Crippen LogP contribution in [0, 0.1) is 10.1 Å². The molecule has 0 bridgehead atoms. The van der Waals surface area contributed by atoms with Gasteiger partial charge in [-0.3, -0.25) is 19.6 Å². The van der Waals surface area contributed by atoms with Crippen molar-refractivity contribution in [1.82, 2.24) is 5.32 Å². The lowest BCUT2D eigenvalue weighted by molar-refractivity contribution is -0.384. The van der Waals surface area contributed by atoms with Crippen molar-refractivity contribution < 1.29 is 22.9 Å². The average molecular weight is 455 g/mol. The molecule has 0 fully saturated rings. The Bertz CT molecular complexity index is 1250. The van der Waals surface area contributed by atoms with Crippen molar-refractivity contribution >= 4 is 27.3 Å². The number of nitrogens with one attached hydrogen (secondary N) is 2. The second kappa shape index (κ2) is 9.48. The van der Waals surface area contributed by atoms with Gasteiger partial charge in [0.1, 0.15) is 5.75 Å². The third kappa shape index (κ3) is 5.22. The molecule has 166 valence electrons. The molecule has 0 spiro atoms. The third-order valence-electron chi connectivity index (χ3n) is 4.69. The zero-order chi connectivity index (χ0) is 23.3. The summed E-state index contributed by atoms with van der Waals surface area (Å²) in [5.74, 6) is -0.323. The van der Waals surface area contributed by atoms with Gasteiger partial charge in [-0.2, -0.15) is 0 Å². The minimum absolute atomic E-state index is 0.0887. The van der Waals surface area contributed by atoms with Crippen molar-refractivity contribution in [2.75, 3.05) is 11.8 Å². The Balaban J connectivity index is 1.84. The van der Waals surface area contributed by atoms with E-state index in [9.17, 15) is 23.3 Å². The lowest BCUT2D eigenvalue weighted by Crippen LogP contribution is -2.27. The SMILES string of the molecule is COc1ccc([N+](=O)[O-])cc1NS(=O)(=O)c1cccc(C(=O)NC(C)c2ccccc2)c1. The first-order valence-corrected chi connectivity index (χ1v) is 11.0. The number of carbonyl (C=O) groups is 1. The van der Waals surface area contributed by atoms with Crippen LogP contribution in [0.5, 0.6) is 5.75 Å². The molecule has 3 aromatic carbocycles. The monoisotopic (exact) mass is 455 g/mol. The van der Waals surface area contributed by atoms with E-state index < -0.39 is 20.9 Å². The quantitative estimate of drug-likeness (QED) is 0.392. The van der Waals surface area contributed by atoms with E-state index in [0.29, 0.717) is 0 Å². The van der Waals surface area contributed by atoms with E-state index in [4.69, 9.17) is 4.74 Å². The highest BCUT2D eigenvalue weighted by atomic mass is 32.2. The Morgan fingerprint density at radius 3 is 2.41 bits per heavy atom. The van der Waals surface area contributed by atoms with Gasteiger partial charge in [-0.15, -0.1) is 0 Å². The maximum atomic E-state index is 12.9. The van der Waals surface area contributed by atoms with Crippen molar-refractivity contribution in [1.29, 1.82) is 0 Å². The Kier molecular flexibility index (Phi) is 6.74. The number of methoxy groups -OCH3 is 1. The zero-order valence-corrected chi connectivity index (χ0v) is 18.1. The van der Waals surface area contributed by atoms with Gasteiger partial charge in [-0.1, -0.05) is 36.4 Å². The second-order valence-electron chi connectivity index (χ2n) is 6.88. The Morgan fingerprint density at radius 1 is 1.03 bits per heavy atom. The molecular weight excluding hydrogens is 434 g/mol. The van der Waals surface area contributed by atoms with Gasteiger partial charge in [0.05, 0.1) is 28.7 Å². The number of sulfonamides is 1. The van der Waals surface area contributed by atoms with E-state index in [1.165, 1.54) is 43.5 Å². The molecule has 1 amide bonds. The van der Waals surface area contributed by atoms with Gasteiger partial charge in [-0.05, 0) is 36.8 Å². The molecule has 1 unspecified atom stereocenters. The van der Waals surface area contributed by atoms with Crippen LogP contribution in [0.25, 0.3) is 0 Å². The molecule has 2 N–H and O–H groups in total. The molecule has 0 aliphatic rings. The number of nitro groups is 1. The van der Waals surface area contributed by atoms with E-state index >= 15 is 0 Å². The normalized spacial score (nSPS) is 11.9. The van der Waals surface area contributed by atoms with E-state index in [1.807, 2.05) is 37.3 Å². The van der Waals surface area contributed by atoms with Crippen molar-refractivity contribution in [2.24, 2.45) is 0 Å². The van der Waals surface area contributed by atoms with Crippen molar-refractivity contribution in [3.63, 3.8) is 0 Å². The molecule has 0 saturated heterocycles. The maximum absolute atomic E-state index is 12.9. The standard InChI is InChI=1S/C22H21N3O6S/c1-15(16-7-4-3-5-8-16)23-22(26)17-9-6-10-19(13-17)32(29,30)24-20-14-18(25(27)28)11-12-21(20)31-2/h3-15,24H,1-2H3,(H,23,26). The zero-order valence-electron chi connectivity index (χ0n) is 17.3. The predicted molar refractivity (Wildman–Crippen MR) is 119 cm³/mol. The molecule has 0 aromatic heterocycles. The Hall–Kier alpha value is -3.92. The number of hydrogen-bond donors (Lipinski definition) is 2. The summed E-state index contributed by atoms with van der Waals surface area (Å²) in [6, 6.07) is 18.1. The summed E-state index contributed by atoms with van der Waals surface area (Å²) in [4.78, 5) is 22.9. The van der Waals surface area contributed by atoms with Crippen molar-refractivity contribution in [3.8, 4) is 5.75 Å². The van der Waals surface area contributed by atoms with E-state index in [-0.39, 0.29) is 33.6 Å². The molecule has 9 nitrogen and oxygen atoms in total. The fraction of sp³-hybridized carbons (Fsp3) is 0.136. The summed E-state index contributed by atoms with van der Waals surface area (Å²) in [6.07, 6.45) is 0. The number of amides is 1. The van der Waals surface area contributed by atoms with Crippen molar-refractivity contribution in [2.45, 2.75) is 17.9 Å². The third-order valence-corrected chi connectivity index (χ3v) is 6.06. The second-order valence-corrected chi connectivity index (χ2v) is 8.56. The van der Waals surface area contributed by atoms with E-state index in [0.717, 1.165) is 11.6 Å². The van der Waals surface area contributed by atoms with E-state index in [2.05, 4.69) is 10.0 Å².